The fourth-order valence-electron chi connectivity index (χ4n) is 4.71. The number of carbonyl (C=O) groups is 1. The normalized spacial score (nSPS) is 20.2. The summed E-state index contributed by atoms with van der Waals surface area (Å²) in [4.78, 5) is 17.5. The van der Waals surface area contributed by atoms with Gasteiger partial charge in [0.1, 0.15) is 5.75 Å². The largest absolute Gasteiger partial charge is 0.497 e. The van der Waals surface area contributed by atoms with Crippen LogP contribution in [0, 0.1) is 5.92 Å². The van der Waals surface area contributed by atoms with Gasteiger partial charge in [0.15, 0.2) is 0 Å². The molecule has 2 aliphatic rings. The minimum Gasteiger partial charge on any atom is -0.497 e. The fraction of sp³-hybridized carbons (Fsp3) is 0.640. The Labute approximate surface area is 176 Å². The van der Waals surface area contributed by atoms with Gasteiger partial charge < -0.3 is 14.5 Å². The molecule has 0 spiro atoms. The van der Waals surface area contributed by atoms with Gasteiger partial charge in [0.05, 0.1) is 7.11 Å². The molecule has 1 atom stereocenters. The summed E-state index contributed by atoms with van der Waals surface area (Å²) >= 11 is 0. The summed E-state index contributed by atoms with van der Waals surface area (Å²) in [5.74, 6) is 1.86. The Balaban J connectivity index is 1.47. The number of methoxy groups -OCH3 is 1. The molecule has 1 aliphatic heterocycles. The molecule has 4 nitrogen and oxygen atoms in total. The zero-order valence-corrected chi connectivity index (χ0v) is 18.4. The quantitative estimate of drug-likeness (QED) is 0.566. The number of amides is 1. The third-order valence-electron chi connectivity index (χ3n) is 6.43. The van der Waals surface area contributed by atoms with Gasteiger partial charge in [-0.2, -0.15) is 0 Å². The number of benzene rings is 1. The Morgan fingerprint density at radius 3 is 2.93 bits per heavy atom. The number of nitrogens with zero attached hydrogens (tertiary/aromatic N) is 2. The standard InChI is InChI=1S/C25H38N2O2/c1-3-27(25(28)18-21-9-5-4-6-10-21)20-23-12-8-15-26(19-23)16-14-22-11-7-13-24(17-22)29-2/h7,9,11,13,17,23H,3-6,8,10,12,14-16,18-20H2,1-2H3/t23-/m1/s1. The maximum absolute atomic E-state index is 12.8. The van der Waals surface area contributed by atoms with E-state index < -0.39 is 0 Å². The van der Waals surface area contributed by atoms with Gasteiger partial charge in [0.25, 0.3) is 0 Å². The molecular weight excluding hydrogens is 360 g/mol. The topological polar surface area (TPSA) is 32.8 Å². The van der Waals surface area contributed by atoms with E-state index in [-0.39, 0.29) is 0 Å². The molecule has 1 saturated heterocycles. The van der Waals surface area contributed by atoms with Crippen LogP contribution >= 0.6 is 0 Å². The Hall–Kier alpha value is -1.81. The maximum atomic E-state index is 12.8. The molecule has 0 radical (unpaired) electrons. The first-order chi connectivity index (χ1) is 14.2. The SMILES string of the molecule is CCN(C[C@@H]1CCCN(CCc2cccc(OC)c2)C1)C(=O)CC1=CCCCC1. The van der Waals surface area contributed by atoms with Gasteiger partial charge >= 0.3 is 0 Å². The van der Waals surface area contributed by atoms with Crippen LogP contribution in [0.4, 0.5) is 0 Å². The molecule has 1 fully saturated rings. The molecule has 4 heteroatoms. The number of rotatable bonds is 9. The van der Waals surface area contributed by atoms with Gasteiger partial charge in [-0.3, -0.25) is 4.79 Å². The second-order valence-electron chi connectivity index (χ2n) is 8.63. The van der Waals surface area contributed by atoms with Crippen LogP contribution < -0.4 is 4.74 Å². The molecule has 0 saturated carbocycles. The van der Waals surface area contributed by atoms with Crippen molar-refractivity contribution >= 4 is 5.91 Å². The molecule has 1 amide bonds. The van der Waals surface area contributed by atoms with E-state index in [1.807, 2.05) is 6.07 Å². The van der Waals surface area contributed by atoms with Gasteiger partial charge in [0, 0.05) is 32.6 Å². The minimum absolute atomic E-state index is 0.328. The molecule has 1 aromatic rings. The summed E-state index contributed by atoms with van der Waals surface area (Å²) < 4.78 is 5.34. The van der Waals surface area contributed by atoms with E-state index >= 15 is 0 Å². The summed E-state index contributed by atoms with van der Waals surface area (Å²) in [5, 5.41) is 0. The lowest BCUT2D eigenvalue weighted by Gasteiger charge is -2.35. The van der Waals surface area contributed by atoms with E-state index in [1.165, 1.54) is 43.4 Å². The van der Waals surface area contributed by atoms with Gasteiger partial charge in [0.2, 0.25) is 5.91 Å². The summed E-state index contributed by atoms with van der Waals surface area (Å²) in [7, 11) is 1.72. The average molecular weight is 399 g/mol. The van der Waals surface area contributed by atoms with E-state index in [2.05, 4.69) is 41.0 Å². The first-order valence-corrected chi connectivity index (χ1v) is 11.5. The van der Waals surface area contributed by atoms with Crippen molar-refractivity contribution < 1.29 is 9.53 Å². The summed E-state index contributed by atoms with van der Waals surface area (Å²) in [5.41, 5.74) is 2.70. The highest BCUT2D eigenvalue weighted by Gasteiger charge is 2.24. The molecule has 29 heavy (non-hydrogen) atoms. The lowest BCUT2D eigenvalue weighted by Crippen LogP contribution is -2.43. The molecule has 1 aliphatic carbocycles. The molecule has 0 N–H and O–H groups in total. The first-order valence-electron chi connectivity index (χ1n) is 11.5. The van der Waals surface area contributed by atoms with Gasteiger partial charge in [-0.15, -0.1) is 0 Å². The van der Waals surface area contributed by atoms with Crippen LogP contribution in [0.15, 0.2) is 35.9 Å². The number of likely N-dealkylation sites (tertiary alicyclic amines) is 1. The van der Waals surface area contributed by atoms with Crippen molar-refractivity contribution in [1.82, 2.24) is 9.80 Å². The maximum Gasteiger partial charge on any atom is 0.226 e. The van der Waals surface area contributed by atoms with Crippen molar-refractivity contribution in [2.45, 2.75) is 58.3 Å². The Bertz CT molecular complexity index is 685. The number of ether oxygens (including phenoxy) is 1. The first kappa shape index (κ1) is 21.9. The minimum atomic E-state index is 0.328. The van der Waals surface area contributed by atoms with E-state index in [1.54, 1.807) is 7.11 Å². The Kier molecular flexibility index (Phi) is 8.60. The van der Waals surface area contributed by atoms with E-state index in [9.17, 15) is 4.79 Å². The zero-order valence-electron chi connectivity index (χ0n) is 18.4. The summed E-state index contributed by atoms with van der Waals surface area (Å²) in [6.45, 7) is 7.22. The van der Waals surface area contributed by atoms with Crippen LogP contribution in [0.2, 0.25) is 0 Å². The lowest BCUT2D eigenvalue weighted by atomic mass is 9.95. The average Bonchev–Trinajstić information content (AvgIpc) is 2.77. The number of hydrogen-bond acceptors (Lipinski definition) is 3. The van der Waals surface area contributed by atoms with Crippen molar-refractivity contribution in [3.05, 3.63) is 41.5 Å². The predicted molar refractivity (Wildman–Crippen MR) is 119 cm³/mol. The van der Waals surface area contributed by atoms with Crippen LogP contribution in [-0.2, 0) is 11.2 Å². The second-order valence-corrected chi connectivity index (χ2v) is 8.63. The molecule has 3 rings (SSSR count). The van der Waals surface area contributed by atoms with Crippen molar-refractivity contribution in [2.24, 2.45) is 5.92 Å². The Morgan fingerprint density at radius 1 is 1.28 bits per heavy atom. The van der Waals surface area contributed by atoms with Crippen molar-refractivity contribution in [3.8, 4) is 5.75 Å². The molecular formula is C25H38N2O2. The zero-order chi connectivity index (χ0) is 20.5. The molecule has 0 bridgehead atoms. The van der Waals surface area contributed by atoms with Crippen LogP contribution in [0.1, 0.15) is 57.4 Å². The highest BCUT2D eigenvalue weighted by atomic mass is 16.5. The summed E-state index contributed by atoms with van der Waals surface area (Å²) in [6.07, 6.45) is 11.3. The van der Waals surface area contributed by atoms with Crippen LogP contribution in [0.3, 0.4) is 0 Å². The third kappa shape index (κ3) is 6.88. The van der Waals surface area contributed by atoms with Crippen LogP contribution in [-0.4, -0.2) is 55.5 Å². The van der Waals surface area contributed by atoms with Gasteiger partial charge in [-0.05, 0) is 82.0 Å². The van der Waals surface area contributed by atoms with Gasteiger partial charge in [-0.1, -0.05) is 23.8 Å². The molecule has 160 valence electrons. The number of piperidine rings is 1. The summed E-state index contributed by atoms with van der Waals surface area (Å²) in [6, 6.07) is 8.39. The van der Waals surface area contributed by atoms with Gasteiger partial charge in [-0.25, -0.2) is 0 Å². The number of carbonyl (C=O) groups excluding carboxylic acids is 1. The Morgan fingerprint density at radius 2 is 2.17 bits per heavy atom. The monoisotopic (exact) mass is 398 g/mol. The highest BCUT2D eigenvalue weighted by Crippen LogP contribution is 2.23. The predicted octanol–water partition coefficient (Wildman–Crippen LogP) is 4.69. The van der Waals surface area contributed by atoms with Crippen LogP contribution in [0.5, 0.6) is 5.75 Å². The van der Waals surface area contributed by atoms with E-state index in [0.29, 0.717) is 18.2 Å². The highest BCUT2D eigenvalue weighted by molar-refractivity contribution is 5.78. The van der Waals surface area contributed by atoms with Crippen molar-refractivity contribution in [3.63, 3.8) is 0 Å². The van der Waals surface area contributed by atoms with Crippen molar-refractivity contribution in [1.29, 1.82) is 0 Å². The van der Waals surface area contributed by atoms with Crippen molar-refractivity contribution in [2.75, 3.05) is 39.8 Å². The molecule has 0 aromatic heterocycles. The van der Waals surface area contributed by atoms with E-state index in [4.69, 9.17) is 4.74 Å². The fourth-order valence-corrected chi connectivity index (χ4v) is 4.71. The lowest BCUT2D eigenvalue weighted by molar-refractivity contribution is -0.131. The molecule has 1 heterocycles. The van der Waals surface area contributed by atoms with Crippen LogP contribution in [0.25, 0.3) is 0 Å². The smallest absolute Gasteiger partial charge is 0.226 e. The molecule has 0 unspecified atom stereocenters. The number of allylic oxidation sites excluding steroid dienone is 1. The molecule has 1 aromatic carbocycles. The number of hydrogen-bond donors (Lipinski definition) is 0. The van der Waals surface area contributed by atoms with E-state index in [0.717, 1.165) is 51.2 Å². The third-order valence-corrected chi connectivity index (χ3v) is 6.43. The second kappa shape index (κ2) is 11.4.